The van der Waals surface area contributed by atoms with E-state index in [0.717, 1.165) is 37.0 Å². The first-order chi connectivity index (χ1) is 11.8. The van der Waals surface area contributed by atoms with E-state index in [4.69, 9.17) is 0 Å². The summed E-state index contributed by atoms with van der Waals surface area (Å²) >= 11 is 0. The Morgan fingerprint density at radius 3 is 2.52 bits per heavy atom. The van der Waals surface area contributed by atoms with Crippen LogP contribution >= 0.6 is 0 Å². The number of hydrogen-bond donors (Lipinski definition) is 1. The molecule has 1 aliphatic heterocycles. The smallest absolute Gasteiger partial charge is 0.325 e. The van der Waals surface area contributed by atoms with Crippen LogP contribution in [0, 0.1) is 5.92 Å². The van der Waals surface area contributed by atoms with Gasteiger partial charge in [0.1, 0.15) is 12.1 Å². The molecule has 0 aromatic carbocycles. The minimum atomic E-state index is -0.769. The van der Waals surface area contributed by atoms with E-state index in [1.807, 2.05) is 18.7 Å². The predicted octanol–water partition coefficient (Wildman–Crippen LogP) is 2.91. The van der Waals surface area contributed by atoms with Gasteiger partial charge in [-0.25, -0.2) is 4.79 Å². The number of urea groups is 1. The number of imide groups is 1. The quantitative estimate of drug-likeness (QED) is 0.717. The molecular weight excluding hydrogens is 318 g/mol. The van der Waals surface area contributed by atoms with Gasteiger partial charge in [0.05, 0.1) is 0 Å². The van der Waals surface area contributed by atoms with Crippen molar-refractivity contribution >= 4 is 17.8 Å². The van der Waals surface area contributed by atoms with Crippen molar-refractivity contribution in [2.45, 2.75) is 84.2 Å². The minimum absolute atomic E-state index is 0.115. The molecule has 1 atom stereocenters. The number of rotatable bonds is 7. The molecule has 142 valence electrons. The molecule has 1 saturated heterocycles. The standard InChI is InChI=1S/C19H33N3O3/c1-5-7-12-21(15(4)6-2)16(23)13-22-17(24)19(20-18(22)25)10-8-14(3)9-11-19/h14-15H,5-13H2,1-4H3,(H,20,25). The second-order valence-corrected chi connectivity index (χ2v) is 7.78. The zero-order valence-corrected chi connectivity index (χ0v) is 16.1. The van der Waals surface area contributed by atoms with Gasteiger partial charge in [-0.2, -0.15) is 0 Å². The van der Waals surface area contributed by atoms with Crippen LogP contribution in [-0.4, -0.2) is 52.3 Å². The van der Waals surface area contributed by atoms with Gasteiger partial charge in [-0.1, -0.05) is 27.2 Å². The Labute approximate surface area is 151 Å². The third-order valence-corrected chi connectivity index (χ3v) is 5.86. The van der Waals surface area contributed by atoms with Gasteiger partial charge in [-0.05, 0) is 51.4 Å². The molecule has 1 spiro atoms. The van der Waals surface area contributed by atoms with Crippen molar-refractivity contribution < 1.29 is 14.4 Å². The van der Waals surface area contributed by atoms with E-state index < -0.39 is 11.6 Å². The van der Waals surface area contributed by atoms with Crippen LogP contribution in [0.5, 0.6) is 0 Å². The van der Waals surface area contributed by atoms with Gasteiger partial charge in [-0.15, -0.1) is 0 Å². The fourth-order valence-electron chi connectivity index (χ4n) is 3.78. The van der Waals surface area contributed by atoms with Crippen LogP contribution < -0.4 is 5.32 Å². The highest BCUT2D eigenvalue weighted by Crippen LogP contribution is 2.36. The van der Waals surface area contributed by atoms with Gasteiger partial charge in [0, 0.05) is 12.6 Å². The van der Waals surface area contributed by atoms with Crippen molar-refractivity contribution in [1.29, 1.82) is 0 Å². The lowest BCUT2D eigenvalue weighted by Crippen LogP contribution is -2.50. The van der Waals surface area contributed by atoms with Gasteiger partial charge < -0.3 is 10.2 Å². The van der Waals surface area contributed by atoms with E-state index in [0.29, 0.717) is 25.3 Å². The van der Waals surface area contributed by atoms with Crippen LogP contribution in [0.3, 0.4) is 0 Å². The SMILES string of the molecule is CCCCN(C(=O)CN1C(=O)NC2(CCC(C)CC2)C1=O)C(C)CC. The highest BCUT2D eigenvalue weighted by atomic mass is 16.2. The molecule has 2 rings (SSSR count). The maximum Gasteiger partial charge on any atom is 0.325 e. The largest absolute Gasteiger partial charge is 0.338 e. The van der Waals surface area contributed by atoms with E-state index in [2.05, 4.69) is 19.2 Å². The molecule has 6 nitrogen and oxygen atoms in total. The summed E-state index contributed by atoms with van der Waals surface area (Å²) in [4.78, 5) is 41.0. The highest BCUT2D eigenvalue weighted by Gasteiger charge is 2.52. The van der Waals surface area contributed by atoms with Crippen LogP contribution in [-0.2, 0) is 9.59 Å². The molecule has 4 amide bonds. The number of nitrogens with one attached hydrogen (secondary N) is 1. The summed E-state index contributed by atoms with van der Waals surface area (Å²) in [6.07, 6.45) is 6.01. The molecule has 0 radical (unpaired) electrons. The lowest BCUT2D eigenvalue weighted by Gasteiger charge is -2.34. The summed E-state index contributed by atoms with van der Waals surface area (Å²) in [6.45, 7) is 8.86. The summed E-state index contributed by atoms with van der Waals surface area (Å²) in [5.41, 5.74) is -0.769. The first kappa shape index (κ1) is 19.7. The van der Waals surface area contributed by atoms with E-state index in [1.54, 1.807) is 0 Å². The molecule has 25 heavy (non-hydrogen) atoms. The number of hydrogen-bond acceptors (Lipinski definition) is 3. The molecule has 1 unspecified atom stereocenters. The first-order valence-electron chi connectivity index (χ1n) is 9.78. The van der Waals surface area contributed by atoms with Gasteiger partial charge in [0.25, 0.3) is 5.91 Å². The van der Waals surface area contributed by atoms with Gasteiger partial charge in [0.15, 0.2) is 0 Å². The zero-order valence-electron chi connectivity index (χ0n) is 16.1. The van der Waals surface area contributed by atoms with E-state index in [1.165, 1.54) is 0 Å². The molecule has 1 saturated carbocycles. The Balaban J connectivity index is 2.06. The van der Waals surface area contributed by atoms with Gasteiger partial charge in [-0.3, -0.25) is 14.5 Å². The monoisotopic (exact) mass is 351 g/mol. The normalized spacial score (nSPS) is 27.5. The predicted molar refractivity (Wildman–Crippen MR) is 97.0 cm³/mol. The molecule has 0 aromatic rings. The zero-order chi connectivity index (χ0) is 18.6. The molecule has 1 heterocycles. The molecule has 0 bridgehead atoms. The third-order valence-electron chi connectivity index (χ3n) is 5.86. The fraction of sp³-hybridized carbons (Fsp3) is 0.842. The Hall–Kier alpha value is -1.59. The fourth-order valence-corrected chi connectivity index (χ4v) is 3.78. The van der Waals surface area contributed by atoms with E-state index in [-0.39, 0.29) is 24.4 Å². The van der Waals surface area contributed by atoms with E-state index in [9.17, 15) is 14.4 Å². The molecule has 1 N–H and O–H groups in total. The first-order valence-corrected chi connectivity index (χ1v) is 9.78. The minimum Gasteiger partial charge on any atom is -0.338 e. The van der Waals surface area contributed by atoms with Crippen molar-refractivity contribution in [3.8, 4) is 0 Å². The molecule has 6 heteroatoms. The van der Waals surface area contributed by atoms with Gasteiger partial charge in [0.2, 0.25) is 5.91 Å². The maximum atomic E-state index is 12.9. The van der Waals surface area contributed by atoms with Gasteiger partial charge >= 0.3 is 6.03 Å². The molecule has 2 fully saturated rings. The summed E-state index contributed by atoms with van der Waals surface area (Å²) < 4.78 is 0. The third kappa shape index (κ3) is 4.15. The average molecular weight is 351 g/mol. The summed E-state index contributed by atoms with van der Waals surface area (Å²) in [5.74, 6) is 0.241. The number of amides is 4. The second kappa shape index (κ2) is 8.19. The van der Waals surface area contributed by atoms with Crippen molar-refractivity contribution in [2.24, 2.45) is 5.92 Å². The number of carbonyl (C=O) groups excluding carboxylic acids is 3. The Morgan fingerprint density at radius 2 is 1.96 bits per heavy atom. The number of carbonyl (C=O) groups is 3. The van der Waals surface area contributed by atoms with Crippen LogP contribution in [0.15, 0.2) is 0 Å². The molecule has 2 aliphatic rings. The lowest BCUT2D eigenvalue weighted by molar-refractivity contribution is -0.140. The van der Waals surface area contributed by atoms with Crippen molar-refractivity contribution in [1.82, 2.24) is 15.1 Å². The number of unbranched alkanes of at least 4 members (excludes halogenated alkanes) is 1. The summed E-state index contributed by atoms with van der Waals surface area (Å²) in [5, 5.41) is 2.89. The van der Waals surface area contributed by atoms with Crippen LogP contribution in [0.2, 0.25) is 0 Å². The van der Waals surface area contributed by atoms with Crippen LogP contribution in [0.25, 0.3) is 0 Å². The summed E-state index contributed by atoms with van der Waals surface area (Å²) in [6, 6.07) is -0.295. The summed E-state index contributed by atoms with van der Waals surface area (Å²) in [7, 11) is 0. The maximum absolute atomic E-state index is 12.9. The Kier molecular flexibility index (Phi) is 6.47. The second-order valence-electron chi connectivity index (χ2n) is 7.78. The Bertz CT molecular complexity index is 512. The molecule has 1 aliphatic carbocycles. The van der Waals surface area contributed by atoms with Crippen LogP contribution in [0.1, 0.15) is 72.6 Å². The Morgan fingerprint density at radius 1 is 1.32 bits per heavy atom. The highest BCUT2D eigenvalue weighted by molar-refractivity contribution is 6.09. The molecule has 0 aromatic heterocycles. The van der Waals surface area contributed by atoms with E-state index >= 15 is 0 Å². The van der Waals surface area contributed by atoms with Crippen molar-refractivity contribution in [3.05, 3.63) is 0 Å². The van der Waals surface area contributed by atoms with Crippen molar-refractivity contribution in [2.75, 3.05) is 13.1 Å². The van der Waals surface area contributed by atoms with Crippen molar-refractivity contribution in [3.63, 3.8) is 0 Å². The average Bonchev–Trinajstić information content (AvgIpc) is 2.82. The number of nitrogens with zero attached hydrogens (tertiary/aromatic N) is 2. The van der Waals surface area contributed by atoms with Crippen LogP contribution in [0.4, 0.5) is 4.79 Å². The molecular formula is C19H33N3O3. The lowest BCUT2D eigenvalue weighted by atomic mass is 9.77. The topological polar surface area (TPSA) is 69.7 Å².